The van der Waals surface area contributed by atoms with Crippen LogP contribution in [-0.2, 0) is 4.79 Å². The first-order valence-electron chi connectivity index (χ1n) is 8.47. The minimum atomic E-state index is -0.366. The summed E-state index contributed by atoms with van der Waals surface area (Å²) < 4.78 is 5.46. The fraction of sp³-hybridized carbons (Fsp3) is 0.150. The van der Waals surface area contributed by atoms with Crippen LogP contribution >= 0.6 is 23.2 Å². The molecule has 6 nitrogen and oxygen atoms in total. The van der Waals surface area contributed by atoms with Gasteiger partial charge < -0.3 is 10.1 Å². The summed E-state index contributed by atoms with van der Waals surface area (Å²) in [6.07, 6.45) is 2.18. The van der Waals surface area contributed by atoms with E-state index in [4.69, 9.17) is 27.9 Å². The molecule has 2 aromatic carbocycles. The molecule has 1 heterocycles. The molecule has 1 aromatic heterocycles. The number of ketones is 1. The van der Waals surface area contributed by atoms with E-state index >= 15 is 0 Å². The summed E-state index contributed by atoms with van der Waals surface area (Å²) in [6.45, 7) is 5.28. The third-order valence-electron chi connectivity index (χ3n) is 4.12. The average molecular weight is 418 g/mol. The van der Waals surface area contributed by atoms with E-state index in [2.05, 4.69) is 22.1 Å². The van der Waals surface area contributed by atoms with Crippen LogP contribution in [0.1, 0.15) is 23.7 Å². The fourth-order valence-electron chi connectivity index (χ4n) is 2.53. The van der Waals surface area contributed by atoms with Crippen LogP contribution in [-0.4, -0.2) is 28.5 Å². The monoisotopic (exact) mass is 417 g/mol. The number of carbonyl (C=O) groups excluding carboxylic acids is 2. The Morgan fingerprint density at radius 2 is 2.00 bits per heavy atom. The molecular weight excluding hydrogens is 401 g/mol. The number of benzene rings is 2. The van der Waals surface area contributed by atoms with Crippen molar-refractivity contribution in [1.29, 1.82) is 0 Å². The summed E-state index contributed by atoms with van der Waals surface area (Å²) in [5.74, 6) is -0.423. The standard InChI is InChI=1S/C20H17Cl2N3O3/c1-3-11(2)20(27)14-5-7-16(19(22)18(14)21)28-10-17(26)24-13-4-6-15-12(8-13)9-23-25-15/h4-9H,2-3,10H2,1H3,(H,23,25)(H,24,26). The van der Waals surface area contributed by atoms with Crippen LogP contribution in [0.4, 0.5) is 5.69 Å². The number of nitrogens with zero attached hydrogens (tertiary/aromatic N) is 1. The predicted molar refractivity (Wildman–Crippen MR) is 110 cm³/mol. The number of amides is 1. The highest BCUT2D eigenvalue weighted by Crippen LogP contribution is 2.35. The van der Waals surface area contributed by atoms with Gasteiger partial charge in [-0.1, -0.05) is 36.7 Å². The Bertz CT molecular complexity index is 1080. The molecule has 0 radical (unpaired) electrons. The van der Waals surface area contributed by atoms with Crippen molar-refractivity contribution in [1.82, 2.24) is 10.2 Å². The number of Topliss-reactive ketones (excluding diaryl/α,β-unsaturated/α-hetero) is 1. The minimum absolute atomic E-state index is 0.0732. The molecule has 3 aromatic rings. The predicted octanol–water partition coefficient (Wildman–Crippen LogP) is 5.04. The molecule has 0 aliphatic carbocycles. The maximum absolute atomic E-state index is 12.2. The van der Waals surface area contributed by atoms with Crippen LogP contribution in [0.15, 0.2) is 48.7 Å². The van der Waals surface area contributed by atoms with Gasteiger partial charge in [-0.05, 0) is 42.3 Å². The van der Waals surface area contributed by atoms with Crippen molar-refractivity contribution in [2.75, 3.05) is 11.9 Å². The van der Waals surface area contributed by atoms with Gasteiger partial charge in [0.05, 0.1) is 16.7 Å². The molecule has 0 bridgehead atoms. The van der Waals surface area contributed by atoms with E-state index in [9.17, 15) is 9.59 Å². The van der Waals surface area contributed by atoms with Gasteiger partial charge in [-0.2, -0.15) is 5.10 Å². The van der Waals surface area contributed by atoms with Crippen molar-refractivity contribution in [2.45, 2.75) is 13.3 Å². The second-order valence-electron chi connectivity index (χ2n) is 6.03. The van der Waals surface area contributed by atoms with Gasteiger partial charge in [-0.15, -0.1) is 0 Å². The van der Waals surface area contributed by atoms with Crippen LogP contribution in [0.2, 0.25) is 10.0 Å². The molecule has 8 heteroatoms. The summed E-state index contributed by atoms with van der Waals surface area (Å²) in [5, 5.41) is 10.5. The van der Waals surface area contributed by atoms with Gasteiger partial charge in [0.2, 0.25) is 0 Å². The molecule has 2 N–H and O–H groups in total. The molecule has 144 valence electrons. The van der Waals surface area contributed by atoms with Crippen molar-refractivity contribution in [3.8, 4) is 5.75 Å². The smallest absolute Gasteiger partial charge is 0.262 e. The van der Waals surface area contributed by atoms with Crippen molar-refractivity contribution >= 4 is 51.5 Å². The summed E-state index contributed by atoms with van der Waals surface area (Å²) in [4.78, 5) is 24.4. The van der Waals surface area contributed by atoms with Crippen LogP contribution in [0, 0.1) is 0 Å². The van der Waals surface area contributed by atoms with Crippen molar-refractivity contribution < 1.29 is 14.3 Å². The lowest BCUT2D eigenvalue weighted by Gasteiger charge is -2.12. The molecule has 0 aliphatic heterocycles. The van der Waals surface area contributed by atoms with Gasteiger partial charge in [0.1, 0.15) is 10.8 Å². The first-order chi connectivity index (χ1) is 13.4. The van der Waals surface area contributed by atoms with Gasteiger partial charge in [0.25, 0.3) is 5.91 Å². The number of hydrogen-bond acceptors (Lipinski definition) is 4. The van der Waals surface area contributed by atoms with E-state index < -0.39 is 0 Å². The molecule has 3 rings (SSSR count). The zero-order chi connectivity index (χ0) is 20.3. The molecule has 1 amide bonds. The van der Waals surface area contributed by atoms with E-state index in [1.54, 1.807) is 18.3 Å². The Kier molecular flexibility index (Phi) is 6.02. The van der Waals surface area contributed by atoms with E-state index in [0.29, 0.717) is 17.7 Å². The number of aromatic amines is 1. The fourth-order valence-corrected chi connectivity index (χ4v) is 2.99. The maximum Gasteiger partial charge on any atom is 0.262 e. The highest BCUT2D eigenvalue weighted by atomic mass is 35.5. The Balaban J connectivity index is 1.66. The number of allylic oxidation sites excluding steroid dienone is 1. The quantitative estimate of drug-likeness (QED) is 0.416. The number of nitrogens with one attached hydrogen (secondary N) is 2. The highest BCUT2D eigenvalue weighted by Gasteiger charge is 2.18. The Morgan fingerprint density at radius 3 is 2.75 bits per heavy atom. The summed E-state index contributed by atoms with van der Waals surface area (Å²) in [6, 6.07) is 8.38. The molecule has 0 saturated heterocycles. The summed E-state index contributed by atoms with van der Waals surface area (Å²) in [5.41, 5.74) is 2.17. The molecule has 0 atom stereocenters. The number of rotatable bonds is 7. The summed E-state index contributed by atoms with van der Waals surface area (Å²) >= 11 is 12.4. The van der Waals surface area contributed by atoms with Gasteiger partial charge in [-0.3, -0.25) is 14.7 Å². The van der Waals surface area contributed by atoms with Crippen molar-refractivity contribution in [3.05, 3.63) is 64.3 Å². The van der Waals surface area contributed by atoms with Crippen molar-refractivity contribution in [3.63, 3.8) is 0 Å². The number of hydrogen-bond donors (Lipinski definition) is 2. The second kappa shape index (κ2) is 8.46. The number of halogens is 2. The lowest BCUT2D eigenvalue weighted by atomic mass is 10.0. The minimum Gasteiger partial charge on any atom is -0.482 e. The van der Waals surface area contributed by atoms with Gasteiger partial charge in [0.15, 0.2) is 12.4 Å². The van der Waals surface area contributed by atoms with E-state index in [0.717, 1.165) is 10.9 Å². The maximum atomic E-state index is 12.2. The Labute approximate surface area is 171 Å². The van der Waals surface area contributed by atoms with Crippen molar-refractivity contribution in [2.24, 2.45) is 0 Å². The molecule has 0 saturated carbocycles. The number of aromatic nitrogens is 2. The zero-order valence-corrected chi connectivity index (χ0v) is 16.5. The van der Waals surface area contributed by atoms with E-state index in [-0.39, 0.29) is 39.7 Å². The van der Waals surface area contributed by atoms with Crippen LogP contribution in [0.3, 0.4) is 0 Å². The zero-order valence-electron chi connectivity index (χ0n) is 15.0. The number of fused-ring (bicyclic) bond motifs is 1. The van der Waals surface area contributed by atoms with Gasteiger partial charge >= 0.3 is 0 Å². The van der Waals surface area contributed by atoms with Crippen LogP contribution in [0.5, 0.6) is 5.75 Å². The topological polar surface area (TPSA) is 84.1 Å². The lowest BCUT2D eigenvalue weighted by molar-refractivity contribution is -0.118. The van der Waals surface area contributed by atoms with Crippen LogP contribution < -0.4 is 10.1 Å². The Morgan fingerprint density at radius 1 is 1.21 bits per heavy atom. The molecule has 0 spiro atoms. The molecule has 0 unspecified atom stereocenters. The Hall–Kier alpha value is -2.83. The number of anilines is 1. The number of carbonyl (C=O) groups is 2. The average Bonchev–Trinajstić information content (AvgIpc) is 3.15. The van der Waals surface area contributed by atoms with E-state index in [1.807, 2.05) is 13.0 Å². The molecule has 28 heavy (non-hydrogen) atoms. The third kappa shape index (κ3) is 4.18. The summed E-state index contributed by atoms with van der Waals surface area (Å²) in [7, 11) is 0. The second-order valence-corrected chi connectivity index (χ2v) is 6.79. The normalized spacial score (nSPS) is 10.7. The molecule has 0 fully saturated rings. The largest absolute Gasteiger partial charge is 0.482 e. The lowest BCUT2D eigenvalue weighted by Crippen LogP contribution is -2.20. The van der Waals surface area contributed by atoms with Gasteiger partial charge in [0, 0.05) is 16.6 Å². The molecular formula is C20H17Cl2N3O3. The molecule has 0 aliphatic rings. The first-order valence-corrected chi connectivity index (χ1v) is 9.22. The van der Waals surface area contributed by atoms with E-state index in [1.165, 1.54) is 12.1 Å². The SMILES string of the molecule is C=C(CC)C(=O)c1ccc(OCC(=O)Nc2ccc3[nH]ncc3c2)c(Cl)c1Cl. The highest BCUT2D eigenvalue weighted by molar-refractivity contribution is 6.45. The number of H-pyrrole nitrogens is 1. The first kappa shape index (κ1) is 19.9. The third-order valence-corrected chi connectivity index (χ3v) is 4.99. The van der Waals surface area contributed by atoms with Gasteiger partial charge in [-0.25, -0.2) is 0 Å². The van der Waals surface area contributed by atoms with Crippen LogP contribution in [0.25, 0.3) is 10.9 Å². The number of ether oxygens (including phenoxy) is 1.